The Morgan fingerprint density at radius 1 is 1.33 bits per heavy atom. The number of carboxylic acid groups (broad SMARTS) is 1. The van der Waals surface area contributed by atoms with Gasteiger partial charge in [-0.2, -0.15) is 0 Å². The van der Waals surface area contributed by atoms with Gasteiger partial charge in [-0.1, -0.05) is 0 Å². The van der Waals surface area contributed by atoms with Crippen molar-refractivity contribution in [3.05, 3.63) is 47.0 Å². The Morgan fingerprint density at radius 3 is 2.71 bits per heavy atom. The van der Waals surface area contributed by atoms with E-state index < -0.39 is 35.2 Å². The lowest BCUT2D eigenvalue weighted by Crippen LogP contribution is -2.36. The van der Waals surface area contributed by atoms with Gasteiger partial charge in [0.25, 0.3) is 5.91 Å². The molecule has 0 radical (unpaired) electrons. The first-order valence-corrected chi connectivity index (χ1v) is 6.50. The van der Waals surface area contributed by atoms with Crippen LogP contribution in [0, 0.1) is 11.6 Å². The fraction of sp³-hybridized carbons (Fsp3) is 0.0833. The van der Waals surface area contributed by atoms with Crippen LogP contribution in [-0.2, 0) is 4.79 Å². The number of halogens is 2. The number of amides is 2. The minimum absolute atomic E-state index is 0.217. The van der Waals surface area contributed by atoms with Crippen LogP contribution in [0.1, 0.15) is 11.6 Å². The molecule has 1 heterocycles. The first-order valence-electron chi connectivity index (χ1n) is 5.62. The highest BCUT2D eigenvalue weighted by molar-refractivity contribution is 7.13. The fourth-order valence-corrected chi connectivity index (χ4v) is 2.14. The third-order valence-corrected chi connectivity index (χ3v) is 3.15. The van der Waals surface area contributed by atoms with E-state index >= 15 is 0 Å². The van der Waals surface area contributed by atoms with Crippen LogP contribution in [0.4, 0.5) is 18.7 Å². The summed E-state index contributed by atoms with van der Waals surface area (Å²) in [5.41, 5.74) is -0.411. The molecule has 1 aromatic heterocycles. The van der Waals surface area contributed by atoms with Crippen LogP contribution in [0.15, 0.2) is 29.8 Å². The molecular weight excluding hydrogens is 304 g/mol. The van der Waals surface area contributed by atoms with Gasteiger partial charge in [0.2, 0.25) is 0 Å². The predicted molar refractivity (Wildman–Crippen MR) is 71.0 cm³/mol. The number of nitrogens with one attached hydrogen (secondary N) is 2. The van der Waals surface area contributed by atoms with Crippen molar-refractivity contribution in [3.63, 3.8) is 0 Å². The molecule has 6 nitrogen and oxygen atoms in total. The zero-order chi connectivity index (χ0) is 15.4. The average molecular weight is 313 g/mol. The van der Waals surface area contributed by atoms with Crippen LogP contribution < -0.4 is 10.6 Å². The Balaban J connectivity index is 2.31. The van der Waals surface area contributed by atoms with E-state index in [-0.39, 0.29) is 5.13 Å². The molecule has 0 aliphatic heterocycles. The lowest BCUT2D eigenvalue weighted by molar-refractivity contribution is -0.118. The molecule has 0 bridgehead atoms. The third kappa shape index (κ3) is 3.72. The summed E-state index contributed by atoms with van der Waals surface area (Å²) in [5.74, 6) is -2.55. The lowest BCUT2D eigenvalue weighted by Gasteiger charge is -2.17. The van der Waals surface area contributed by atoms with Crippen molar-refractivity contribution >= 4 is 28.5 Å². The van der Waals surface area contributed by atoms with Crippen LogP contribution >= 0.6 is 11.3 Å². The molecular formula is C12H9F2N3O3S. The molecule has 110 valence electrons. The quantitative estimate of drug-likeness (QED) is 0.808. The molecule has 1 aromatic carbocycles. The molecule has 1 unspecified atom stereocenters. The van der Waals surface area contributed by atoms with Crippen LogP contribution in [0.2, 0.25) is 0 Å². The summed E-state index contributed by atoms with van der Waals surface area (Å²) < 4.78 is 26.9. The van der Waals surface area contributed by atoms with E-state index in [2.05, 4.69) is 10.3 Å². The van der Waals surface area contributed by atoms with E-state index in [0.717, 1.165) is 29.5 Å². The Kier molecular flexibility index (Phi) is 4.43. The topological polar surface area (TPSA) is 91.3 Å². The molecule has 0 saturated carbocycles. The van der Waals surface area contributed by atoms with Gasteiger partial charge in [-0.05, 0) is 18.2 Å². The summed E-state index contributed by atoms with van der Waals surface area (Å²) in [6.45, 7) is 0. The highest BCUT2D eigenvalue weighted by atomic mass is 32.1. The van der Waals surface area contributed by atoms with E-state index in [9.17, 15) is 18.4 Å². The Hall–Kier alpha value is -2.55. The number of hydrogen-bond donors (Lipinski definition) is 3. The molecule has 0 fully saturated rings. The fourth-order valence-electron chi connectivity index (χ4n) is 1.61. The van der Waals surface area contributed by atoms with Crippen LogP contribution in [0.3, 0.4) is 0 Å². The first-order chi connectivity index (χ1) is 9.97. The highest BCUT2D eigenvalue weighted by Crippen LogP contribution is 2.21. The minimum atomic E-state index is -1.60. The maximum Gasteiger partial charge on any atom is 0.405 e. The Morgan fingerprint density at radius 2 is 2.10 bits per heavy atom. The Bertz CT molecular complexity index is 664. The maximum absolute atomic E-state index is 13.7. The monoisotopic (exact) mass is 313 g/mol. The Labute approximate surface area is 121 Å². The van der Waals surface area contributed by atoms with E-state index in [4.69, 9.17) is 5.11 Å². The largest absolute Gasteiger partial charge is 0.465 e. The van der Waals surface area contributed by atoms with Crippen molar-refractivity contribution in [2.24, 2.45) is 0 Å². The smallest absolute Gasteiger partial charge is 0.405 e. The van der Waals surface area contributed by atoms with Gasteiger partial charge in [0, 0.05) is 17.1 Å². The van der Waals surface area contributed by atoms with Crippen molar-refractivity contribution in [3.8, 4) is 0 Å². The SMILES string of the molecule is O=C(O)NC(C(=O)Nc1nccs1)c1cc(F)ccc1F. The zero-order valence-electron chi connectivity index (χ0n) is 10.3. The molecule has 9 heteroatoms. The molecule has 0 aliphatic rings. The number of aromatic nitrogens is 1. The van der Waals surface area contributed by atoms with Crippen molar-refractivity contribution < 1.29 is 23.5 Å². The van der Waals surface area contributed by atoms with E-state index in [1.54, 1.807) is 5.38 Å². The van der Waals surface area contributed by atoms with Gasteiger partial charge >= 0.3 is 6.09 Å². The van der Waals surface area contributed by atoms with Gasteiger partial charge in [-0.25, -0.2) is 18.6 Å². The minimum Gasteiger partial charge on any atom is -0.465 e. The van der Waals surface area contributed by atoms with Crippen LogP contribution in [-0.4, -0.2) is 22.1 Å². The number of hydrogen-bond acceptors (Lipinski definition) is 4. The summed E-state index contributed by atoms with van der Waals surface area (Å²) in [7, 11) is 0. The van der Waals surface area contributed by atoms with Gasteiger partial charge in [-0.15, -0.1) is 11.3 Å². The van der Waals surface area contributed by atoms with Crippen molar-refractivity contribution in [2.45, 2.75) is 6.04 Å². The van der Waals surface area contributed by atoms with Crippen LogP contribution in [0.5, 0.6) is 0 Å². The van der Waals surface area contributed by atoms with Crippen LogP contribution in [0.25, 0.3) is 0 Å². The summed E-state index contributed by atoms with van der Waals surface area (Å²) >= 11 is 1.10. The normalized spacial score (nSPS) is 11.7. The maximum atomic E-state index is 13.7. The van der Waals surface area contributed by atoms with Gasteiger partial charge in [0.1, 0.15) is 17.7 Å². The molecule has 0 spiro atoms. The van der Waals surface area contributed by atoms with Crippen molar-refractivity contribution in [2.75, 3.05) is 5.32 Å². The van der Waals surface area contributed by atoms with Crippen molar-refractivity contribution in [1.82, 2.24) is 10.3 Å². The summed E-state index contributed by atoms with van der Waals surface area (Å²) in [6.07, 6.45) is -0.110. The molecule has 0 aliphatic carbocycles. The van der Waals surface area contributed by atoms with E-state index in [1.165, 1.54) is 6.20 Å². The second kappa shape index (κ2) is 6.27. The molecule has 2 amide bonds. The van der Waals surface area contributed by atoms with E-state index in [1.807, 2.05) is 5.32 Å². The number of benzene rings is 1. The molecule has 21 heavy (non-hydrogen) atoms. The summed E-state index contributed by atoms with van der Waals surface area (Å²) in [6, 6.07) is 0.854. The molecule has 0 saturated heterocycles. The summed E-state index contributed by atoms with van der Waals surface area (Å²) in [5, 5.41) is 14.7. The second-order valence-corrected chi connectivity index (χ2v) is 4.77. The average Bonchev–Trinajstić information content (AvgIpc) is 2.91. The third-order valence-electron chi connectivity index (χ3n) is 2.46. The number of thiazole rings is 1. The van der Waals surface area contributed by atoms with Gasteiger partial charge < -0.3 is 10.4 Å². The first kappa shape index (κ1) is 14.9. The molecule has 2 aromatic rings. The number of carbonyl (C=O) groups is 2. The zero-order valence-corrected chi connectivity index (χ0v) is 11.2. The predicted octanol–water partition coefficient (Wildman–Crippen LogP) is 2.37. The summed E-state index contributed by atoms with van der Waals surface area (Å²) in [4.78, 5) is 26.6. The second-order valence-electron chi connectivity index (χ2n) is 3.87. The van der Waals surface area contributed by atoms with Gasteiger partial charge in [-0.3, -0.25) is 10.1 Å². The van der Waals surface area contributed by atoms with Crippen molar-refractivity contribution in [1.29, 1.82) is 0 Å². The lowest BCUT2D eigenvalue weighted by atomic mass is 10.1. The number of anilines is 1. The molecule has 1 atom stereocenters. The number of nitrogens with zero attached hydrogens (tertiary/aromatic N) is 1. The number of rotatable bonds is 4. The molecule has 3 N–H and O–H groups in total. The molecule has 2 rings (SSSR count). The number of carbonyl (C=O) groups excluding carboxylic acids is 1. The highest BCUT2D eigenvalue weighted by Gasteiger charge is 2.26. The van der Waals surface area contributed by atoms with Gasteiger partial charge in [0.15, 0.2) is 5.13 Å². The van der Waals surface area contributed by atoms with Gasteiger partial charge in [0.05, 0.1) is 0 Å². The van der Waals surface area contributed by atoms with E-state index in [0.29, 0.717) is 0 Å². The standard InChI is InChI=1S/C12H9F2N3O3S/c13-6-1-2-8(14)7(5-6)9(16-12(19)20)10(18)17-11-15-3-4-21-11/h1-5,9,16H,(H,19,20)(H,15,17,18).